The fourth-order valence-electron chi connectivity index (χ4n) is 3.63. The average Bonchev–Trinajstić information content (AvgIpc) is 2.95. The summed E-state index contributed by atoms with van der Waals surface area (Å²) in [5.41, 5.74) is 0.636. The van der Waals surface area contributed by atoms with Gasteiger partial charge in [-0.05, 0) is 37.0 Å². The molecule has 2 aliphatic rings. The van der Waals surface area contributed by atoms with Gasteiger partial charge in [0.15, 0.2) is 0 Å². The highest BCUT2D eigenvalue weighted by Crippen LogP contribution is 2.35. The number of piperidine rings is 1. The second kappa shape index (κ2) is 7.01. The molecule has 0 aromatic heterocycles. The number of likely N-dealkylation sites (tertiary alicyclic amines) is 1. The Morgan fingerprint density at radius 1 is 1.33 bits per heavy atom. The predicted molar refractivity (Wildman–Crippen MR) is 93.4 cm³/mol. The predicted octanol–water partition coefficient (Wildman–Crippen LogP) is 2.96. The van der Waals surface area contributed by atoms with Crippen molar-refractivity contribution in [1.29, 1.82) is 0 Å². The minimum Gasteiger partial charge on any atom is -0.495 e. The Bertz CT molecular complexity index is 649. The summed E-state index contributed by atoms with van der Waals surface area (Å²) < 4.78 is 5.34. The molecule has 6 heteroatoms. The van der Waals surface area contributed by atoms with Crippen LogP contribution in [-0.2, 0) is 9.59 Å². The van der Waals surface area contributed by atoms with Crippen LogP contribution in [0.25, 0.3) is 0 Å². The molecule has 0 spiro atoms. The lowest BCUT2D eigenvalue weighted by atomic mass is 9.98. The van der Waals surface area contributed by atoms with Crippen molar-refractivity contribution in [3.05, 3.63) is 23.2 Å². The van der Waals surface area contributed by atoms with Crippen LogP contribution in [0.15, 0.2) is 18.2 Å². The van der Waals surface area contributed by atoms with Gasteiger partial charge in [0.05, 0.1) is 18.7 Å². The monoisotopic (exact) mass is 350 g/mol. The zero-order chi connectivity index (χ0) is 17.3. The molecule has 2 amide bonds. The largest absolute Gasteiger partial charge is 0.495 e. The molecule has 2 saturated heterocycles. The summed E-state index contributed by atoms with van der Waals surface area (Å²) in [4.78, 5) is 28.8. The highest BCUT2D eigenvalue weighted by Gasteiger charge is 2.38. The number of hydrogen-bond donors (Lipinski definition) is 0. The number of methoxy groups -OCH3 is 1. The van der Waals surface area contributed by atoms with Crippen LogP contribution in [0, 0.1) is 11.8 Å². The second-order valence-corrected chi connectivity index (χ2v) is 7.19. The van der Waals surface area contributed by atoms with E-state index < -0.39 is 0 Å². The van der Waals surface area contributed by atoms with Gasteiger partial charge < -0.3 is 14.5 Å². The first-order chi connectivity index (χ1) is 11.5. The number of amides is 2. The van der Waals surface area contributed by atoms with Gasteiger partial charge >= 0.3 is 0 Å². The van der Waals surface area contributed by atoms with Crippen LogP contribution in [0.1, 0.15) is 26.2 Å². The maximum absolute atomic E-state index is 12.8. The van der Waals surface area contributed by atoms with Crippen LogP contribution in [0.2, 0.25) is 5.02 Å². The molecule has 2 heterocycles. The number of rotatable bonds is 3. The van der Waals surface area contributed by atoms with Gasteiger partial charge in [0.1, 0.15) is 5.75 Å². The number of carbonyl (C=O) groups excluding carboxylic acids is 2. The molecule has 0 bridgehead atoms. The second-order valence-electron chi connectivity index (χ2n) is 6.75. The van der Waals surface area contributed by atoms with Crippen molar-refractivity contribution < 1.29 is 14.3 Å². The Hall–Kier alpha value is -1.75. The van der Waals surface area contributed by atoms with E-state index in [0.29, 0.717) is 28.9 Å². The van der Waals surface area contributed by atoms with E-state index in [0.717, 1.165) is 19.5 Å². The highest BCUT2D eigenvalue weighted by atomic mass is 35.5. The number of anilines is 1. The van der Waals surface area contributed by atoms with Gasteiger partial charge in [0.2, 0.25) is 11.8 Å². The van der Waals surface area contributed by atoms with E-state index in [1.165, 1.54) is 6.42 Å². The van der Waals surface area contributed by atoms with Gasteiger partial charge in [-0.3, -0.25) is 9.59 Å². The smallest absolute Gasteiger partial charge is 0.228 e. The topological polar surface area (TPSA) is 49.9 Å². The first-order valence-corrected chi connectivity index (χ1v) is 8.80. The van der Waals surface area contributed by atoms with Crippen LogP contribution in [0.4, 0.5) is 5.69 Å². The van der Waals surface area contributed by atoms with Crippen molar-refractivity contribution in [1.82, 2.24) is 4.90 Å². The maximum atomic E-state index is 12.8. The fourth-order valence-corrected chi connectivity index (χ4v) is 3.79. The quantitative estimate of drug-likeness (QED) is 0.842. The molecule has 0 saturated carbocycles. The minimum absolute atomic E-state index is 0.0565. The van der Waals surface area contributed by atoms with Gasteiger partial charge in [-0.25, -0.2) is 0 Å². The summed E-state index contributed by atoms with van der Waals surface area (Å²) in [7, 11) is 1.56. The van der Waals surface area contributed by atoms with E-state index in [4.69, 9.17) is 16.3 Å². The SMILES string of the molecule is COc1ccc(Cl)cc1N1CC(C(=O)N2CCCC(C)C2)CC1=O. The van der Waals surface area contributed by atoms with Gasteiger partial charge in [0, 0.05) is 31.1 Å². The summed E-state index contributed by atoms with van der Waals surface area (Å²) in [5.74, 6) is 0.875. The molecule has 3 rings (SSSR count). The van der Waals surface area contributed by atoms with Crippen LogP contribution < -0.4 is 9.64 Å². The third-order valence-electron chi connectivity index (χ3n) is 4.87. The van der Waals surface area contributed by atoms with Gasteiger partial charge in [-0.1, -0.05) is 18.5 Å². The Labute approximate surface area is 147 Å². The van der Waals surface area contributed by atoms with Gasteiger partial charge in [0.25, 0.3) is 0 Å². The molecule has 0 aliphatic carbocycles. The number of hydrogen-bond acceptors (Lipinski definition) is 3. The first-order valence-electron chi connectivity index (χ1n) is 8.42. The standard InChI is InChI=1S/C18H23ClN2O3/c1-12-4-3-7-20(10-12)18(23)13-8-17(22)21(11-13)15-9-14(19)5-6-16(15)24-2/h5-6,9,12-13H,3-4,7-8,10-11H2,1-2H3. The minimum atomic E-state index is -0.286. The van der Waals surface area contributed by atoms with Crippen LogP contribution in [0.5, 0.6) is 5.75 Å². The van der Waals surface area contributed by atoms with Crippen molar-refractivity contribution in [2.45, 2.75) is 26.2 Å². The Morgan fingerprint density at radius 3 is 2.83 bits per heavy atom. The van der Waals surface area contributed by atoms with E-state index in [1.807, 2.05) is 4.90 Å². The Kier molecular flexibility index (Phi) is 4.99. The molecule has 0 radical (unpaired) electrons. The number of benzene rings is 1. The number of halogens is 1. The molecule has 2 fully saturated rings. The van der Waals surface area contributed by atoms with Crippen molar-refractivity contribution in [3.63, 3.8) is 0 Å². The van der Waals surface area contributed by atoms with Crippen molar-refractivity contribution in [2.24, 2.45) is 11.8 Å². The summed E-state index contributed by atoms with van der Waals surface area (Å²) in [6, 6.07) is 5.18. The first kappa shape index (κ1) is 17.1. The van der Waals surface area contributed by atoms with Gasteiger partial charge in [-0.15, -0.1) is 0 Å². The van der Waals surface area contributed by atoms with Gasteiger partial charge in [-0.2, -0.15) is 0 Å². The van der Waals surface area contributed by atoms with Crippen molar-refractivity contribution >= 4 is 29.1 Å². The lowest BCUT2D eigenvalue weighted by Gasteiger charge is -2.32. The molecular formula is C18H23ClN2O3. The van der Waals surface area contributed by atoms with E-state index in [9.17, 15) is 9.59 Å². The molecule has 130 valence electrons. The Balaban J connectivity index is 1.76. The number of nitrogens with zero attached hydrogens (tertiary/aromatic N) is 2. The maximum Gasteiger partial charge on any atom is 0.228 e. The third-order valence-corrected chi connectivity index (χ3v) is 5.11. The highest BCUT2D eigenvalue weighted by molar-refractivity contribution is 6.31. The lowest BCUT2D eigenvalue weighted by Crippen LogP contribution is -2.43. The number of carbonyl (C=O) groups is 2. The van der Waals surface area contributed by atoms with Crippen molar-refractivity contribution in [2.75, 3.05) is 31.6 Å². The summed E-state index contributed by atoms with van der Waals surface area (Å²) in [6.45, 7) is 4.15. The van der Waals surface area contributed by atoms with E-state index in [1.54, 1.807) is 30.2 Å². The summed E-state index contributed by atoms with van der Waals surface area (Å²) in [5, 5.41) is 0.540. The van der Waals surface area contributed by atoms with E-state index in [2.05, 4.69) is 6.92 Å². The number of ether oxygens (including phenoxy) is 1. The van der Waals surface area contributed by atoms with Crippen LogP contribution in [-0.4, -0.2) is 43.5 Å². The Morgan fingerprint density at radius 2 is 2.12 bits per heavy atom. The van der Waals surface area contributed by atoms with E-state index in [-0.39, 0.29) is 24.2 Å². The molecule has 2 unspecified atom stereocenters. The molecule has 24 heavy (non-hydrogen) atoms. The summed E-state index contributed by atoms with van der Waals surface area (Å²) >= 11 is 6.07. The molecular weight excluding hydrogens is 328 g/mol. The third kappa shape index (κ3) is 3.36. The zero-order valence-corrected chi connectivity index (χ0v) is 14.9. The van der Waals surface area contributed by atoms with Crippen LogP contribution in [0.3, 0.4) is 0 Å². The van der Waals surface area contributed by atoms with E-state index >= 15 is 0 Å². The zero-order valence-electron chi connectivity index (χ0n) is 14.1. The molecule has 2 aliphatic heterocycles. The molecule has 5 nitrogen and oxygen atoms in total. The van der Waals surface area contributed by atoms with Crippen molar-refractivity contribution in [3.8, 4) is 5.75 Å². The normalized spacial score (nSPS) is 24.4. The average molecular weight is 351 g/mol. The van der Waals surface area contributed by atoms with Crippen LogP contribution >= 0.6 is 11.6 Å². The summed E-state index contributed by atoms with van der Waals surface area (Å²) in [6.07, 6.45) is 2.46. The molecule has 2 atom stereocenters. The molecule has 1 aromatic rings. The fraction of sp³-hybridized carbons (Fsp3) is 0.556. The molecule has 0 N–H and O–H groups in total. The lowest BCUT2D eigenvalue weighted by molar-refractivity contribution is -0.137. The molecule has 1 aromatic carbocycles.